The average Bonchev–Trinajstić information content (AvgIpc) is 2.88. The Hall–Kier alpha value is -0.490. The highest BCUT2D eigenvalue weighted by molar-refractivity contribution is 14.1. The Morgan fingerprint density at radius 1 is 1.50 bits per heavy atom. The molecule has 0 saturated carbocycles. The van der Waals surface area contributed by atoms with Crippen LogP contribution in [0.3, 0.4) is 0 Å². The summed E-state index contributed by atoms with van der Waals surface area (Å²) in [5, 5.41) is 0. The molecule has 2 rings (SSSR count). The number of halogens is 1. The van der Waals surface area contributed by atoms with E-state index in [2.05, 4.69) is 22.6 Å². The van der Waals surface area contributed by atoms with E-state index in [-0.39, 0.29) is 0 Å². The van der Waals surface area contributed by atoms with Crippen LogP contribution in [0.15, 0.2) is 18.2 Å². The minimum absolute atomic E-state index is 0.424. The molecule has 0 aromatic heterocycles. The lowest BCUT2D eigenvalue weighted by Gasteiger charge is -2.12. The zero-order chi connectivity index (χ0) is 10.2. The van der Waals surface area contributed by atoms with E-state index in [0.29, 0.717) is 6.61 Å². The minimum Gasteiger partial charge on any atom is -0.497 e. The zero-order valence-electron chi connectivity index (χ0n) is 8.04. The molecule has 0 N–H and O–H groups in total. The van der Waals surface area contributed by atoms with Gasteiger partial charge >= 0.3 is 0 Å². The fourth-order valence-corrected chi connectivity index (χ4v) is 1.53. The van der Waals surface area contributed by atoms with Crippen molar-refractivity contribution in [3.63, 3.8) is 0 Å². The number of hydrogen-bond donors (Lipinski definition) is 0. The van der Waals surface area contributed by atoms with E-state index >= 15 is 0 Å². The third-order valence-electron chi connectivity index (χ3n) is 2.02. The van der Waals surface area contributed by atoms with Crippen molar-refractivity contribution in [2.75, 3.05) is 13.7 Å². The maximum atomic E-state index is 5.68. The molecule has 0 amide bonds. The molecule has 1 aromatic rings. The number of benzene rings is 1. The summed E-state index contributed by atoms with van der Waals surface area (Å²) in [4.78, 5) is 0. The van der Waals surface area contributed by atoms with Gasteiger partial charge in [-0.15, -0.1) is 0 Å². The van der Waals surface area contributed by atoms with Gasteiger partial charge in [0, 0.05) is 13.0 Å². The summed E-state index contributed by atoms with van der Waals surface area (Å²) in [7, 11) is 1.64. The zero-order valence-corrected chi connectivity index (χ0v) is 10.2. The molecule has 76 valence electrons. The van der Waals surface area contributed by atoms with Gasteiger partial charge in [-0.3, -0.25) is 0 Å². The summed E-state index contributed by atoms with van der Waals surface area (Å²) in [6.45, 7) is 2.57. The Bertz CT molecular complexity index is 347. The van der Waals surface area contributed by atoms with Crippen LogP contribution >= 0.6 is 22.6 Å². The third kappa shape index (κ3) is 2.12. The average molecular weight is 306 g/mol. The van der Waals surface area contributed by atoms with Gasteiger partial charge in [-0.1, -0.05) is 0 Å². The van der Waals surface area contributed by atoms with Crippen LogP contribution in [0.5, 0.6) is 11.5 Å². The standard InChI is InChI=1S/C10H11IO3/c1-10(6-13-10)14-9-5-7(12-2)3-4-8(9)11/h3-5H,6H2,1-2H3. The van der Waals surface area contributed by atoms with Gasteiger partial charge in [0.1, 0.15) is 18.1 Å². The highest BCUT2D eigenvalue weighted by Gasteiger charge is 2.42. The second kappa shape index (κ2) is 3.58. The van der Waals surface area contributed by atoms with Gasteiger partial charge in [-0.05, 0) is 34.7 Å². The number of epoxide rings is 1. The van der Waals surface area contributed by atoms with Crippen LogP contribution in [-0.4, -0.2) is 19.5 Å². The van der Waals surface area contributed by atoms with Gasteiger partial charge in [-0.25, -0.2) is 0 Å². The Morgan fingerprint density at radius 3 is 2.79 bits per heavy atom. The molecule has 0 aliphatic carbocycles. The van der Waals surface area contributed by atoms with Gasteiger partial charge in [0.25, 0.3) is 0 Å². The first-order valence-electron chi connectivity index (χ1n) is 4.29. The quantitative estimate of drug-likeness (QED) is 0.635. The summed E-state index contributed by atoms with van der Waals surface area (Å²) in [6, 6.07) is 5.74. The van der Waals surface area contributed by atoms with E-state index in [1.54, 1.807) is 7.11 Å². The second-order valence-corrected chi connectivity index (χ2v) is 4.48. The van der Waals surface area contributed by atoms with Crippen LogP contribution < -0.4 is 9.47 Å². The summed E-state index contributed by atoms with van der Waals surface area (Å²) in [5.74, 6) is 1.18. The molecule has 1 aliphatic heterocycles. The largest absolute Gasteiger partial charge is 0.497 e. The molecule has 1 atom stereocenters. The Kier molecular flexibility index (Phi) is 2.57. The van der Waals surface area contributed by atoms with Crippen LogP contribution in [0.25, 0.3) is 0 Å². The fourth-order valence-electron chi connectivity index (χ4n) is 1.08. The highest BCUT2D eigenvalue weighted by Crippen LogP contribution is 2.34. The molecule has 14 heavy (non-hydrogen) atoms. The molecule has 1 aromatic carbocycles. The van der Waals surface area contributed by atoms with Crippen molar-refractivity contribution < 1.29 is 14.2 Å². The molecule has 1 heterocycles. The van der Waals surface area contributed by atoms with E-state index < -0.39 is 5.79 Å². The Labute approximate surface area is 96.5 Å². The molecular formula is C10H11IO3. The summed E-state index contributed by atoms with van der Waals surface area (Å²) >= 11 is 2.23. The van der Waals surface area contributed by atoms with Crippen molar-refractivity contribution in [1.29, 1.82) is 0 Å². The number of hydrogen-bond acceptors (Lipinski definition) is 3. The van der Waals surface area contributed by atoms with Crippen molar-refractivity contribution in [3.8, 4) is 11.5 Å². The molecular weight excluding hydrogens is 295 g/mol. The van der Waals surface area contributed by atoms with Gasteiger partial charge in [0.15, 0.2) is 0 Å². The second-order valence-electron chi connectivity index (χ2n) is 3.32. The van der Waals surface area contributed by atoms with Gasteiger partial charge < -0.3 is 14.2 Å². The fraction of sp³-hybridized carbons (Fsp3) is 0.400. The summed E-state index contributed by atoms with van der Waals surface area (Å²) < 4.78 is 17.0. The molecule has 0 radical (unpaired) electrons. The third-order valence-corrected chi connectivity index (χ3v) is 2.91. The van der Waals surface area contributed by atoms with Gasteiger partial charge in [-0.2, -0.15) is 0 Å². The molecule has 0 spiro atoms. The summed E-state index contributed by atoms with van der Waals surface area (Å²) in [6.07, 6.45) is 0. The molecule has 1 unspecified atom stereocenters. The van der Waals surface area contributed by atoms with Crippen molar-refractivity contribution in [3.05, 3.63) is 21.8 Å². The number of ether oxygens (including phenoxy) is 3. The van der Waals surface area contributed by atoms with E-state index in [4.69, 9.17) is 14.2 Å². The van der Waals surface area contributed by atoms with E-state index in [1.165, 1.54) is 0 Å². The van der Waals surface area contributed by atoms with Crippen molar-refractivity contribution in [2.45, 2.75) is 12.7 Å². The van der Waals surface area contributed by atoms with E-state index in [9.17, 15) is 0 Å². The lowest BCUT2D eigenvalue weighted by Crippen LogP contribution is -2.15. The number of rotatable bonds is 3. The SMILES string of the molecule is COc1ccc(I)c(OC2(C)CO2)c1. The molecule has 1 saturated heterocycles. The molecule has 1 fully saturated rings. The maximum Gasteiger partial charge on any atom is 0.231 e. The monoisotopic (exact) mass is 306 g/mol. The first kappa shape index (κ1) is 10.0. The molecule has 4 heteroatoms. The lowest BCUT2D eigenvalue weighted by atomic mass is 10.3. The van der Waals surface area contributed by atoms with Crippen LogP contribution in [-0.2, 0) is 4.74 Å². The normalized spacial score (nSPS) is 24.5. The first-order chi connectivity index (χ1) is 6.63. The van der Waals surface area contributed by atoms with E-state index in [1.807, 2.05) is 25.1 Å². The minimum atomic E-state index is -0.424. The maximum absolute atomic E-state index is 5.68. The van der Waals surface area contributed by atoms with Crippen molar-refractivity contribution in [2.24, 2.45) is 0 Å². The summed E-state index contributed by atoms with van der Waals surface area (Å²) in [5.41, 5.74) is 0. The van der Waals surface area contributed by atoms with Crippen molar-refractivity contribution >= 4 is 22.6 Å². The molecule has 1 aliphatic rings. The van der Waals surface area contributed by atoms with Crippen LogP contribution in [0.2, 0.25) is 0 Å². The van der Waals surface area contributed by atoms with Crippen LogP contribution in [0, 0.1) is 3.57 Å². The highest BCUT2D eigenvalue weighted by atomic mass is 127. The van der Waals surface area contributed by atoms with Gasteiger partial charge in [0.05, 0.1) is 10.7 Å². The predicted octanol–water partition coefficient (Wildman–Crippen LogP) is 2.43. The predicted molar refractivity (Wildman–Crippen MR) is 60.7 cm³/mol. The number of methoxy groups -OCH3 is 1. The molecule has 3 nitrogen and oxygen atoms in total. The Balaban J connectivity index is 2.22. The van der Waals surface area contributed by atoms with Crippen LogP contribution in [0.4, 0.5) is 0 Å². The Morgan fingerprint density at radius 2 is 2.21 bits per heavy atom. The smallest absolute Gasteiger partial charge is 0.231 e. The van der Waals surface area contributed by atoms with Crippen molar-refractivity contribution in [1.82, 2.24) is 0 Å². The van der Waals surface area contributed by atoms with E-state index in [0.717, 1.165) is 15.1 Å². The van der Waals surface area contributed by atoms with Crippen LogP contribution in [0.1, 0.15) is 6.92 Å². The molecule has 0 bridgehead atoms. The lowest BCUT2D eigenvalue weighted by molar-refractivity contribution is 0.0791. The van der Waals surface area contributed by atoms with Gasteiger partial charge in [0.2, 0.25) is 5.79 Å². The topological polar surface area (TPSA) is 31.0 Å². The first-order valence-corrected chi connectivity index (χ1v) is 5.37.